The van der Waals surface area contributed by atoms with Gasteiger partial charge in [-0.3, -0.25) is 14.6 Å². The first-order valence-corrected chi connectivity index (χ1v) is 19.4. The number of hydrogen-bond donors (Lipinski definition) is 3. The summed E-state index contributed by atoms with van der Waals surface area (Å²) in [5.41, 5.74) is 4.19. The molecule has 2 amide bonds. The molecule has 3 aromatic heterocycles. The van der Waals surface area contributed by atoms with Gasteiger partial charge in [-0.05, 0) is 61.4 Å². The highest BCUT2D eigenvalue weighted by Crippen LogP contribution is 2.45. The summed E-state index contributed by atoms with van der Waals surface area (Å²) in [6.07, 6.45) is -0.161. The lowest BCUT2D eigenvalue weighted by Gasteiger charge is -2.32. The third-order valence-electron chi connectivity index (χ3n) is 10.9. The molecule has 302 valence electrons. The number of amides is 2. The molecule has 2 atom stereocenters. The molecule has 2 aliphatic heterocycles. The zero-order valence-electron chi connectivity index (χ0n) is 32.0. The Bertz CT molecular complexity index is 2130. The summed E-state index contributed by atoms with van der Waals surface area (Å²) >= 11 is 7.07. The van der Waals surface area contributed by atoms with E-state index in [4.69, 9.17) is 30.8 Å². The lowest BCUT2D eigenvalue weighted by atomic mass is 9.98. The maximum absolute atomic E-state index is 14.6. The molecular weight excluding hydrogens is 763 g/mol. The topological polar surface area (TPSA) is 140 Å². The highest BCUT2D eigenvalue weighted by molar-refractivity contribution is 6.35. The van der Waals surface area contributed by atoms with Crippen molar-refractivity contribution < 1.29 is 37.0 Å². The van der Waals surface area contributed by atoms with Gasteiger partial charge in [0.25, 0.3) is 0 Å². The summed E-state index contributed by atoms with van der Waals surface area (Å²) in [5, 5.41) is 9.99. The van der Waals surface area contributed by atoms with Crippen molar-refractivity contribution in [2.45, 2.75) is 82.9 Å². The van der Waals surface area contributed by atoms with Crippen LogP contribution in [0, 0.1) is 0 Å². The second-order valence-electron chi connectivity index (χ2n) is 14.5. The number of halogens is 4. The van der Waals surface area contributed by atoms with E-state index in [0.29, 0.717) is 86.1 Å². The summed E-state index contributed by atoms with van der Waals surface area (Å²) in [6.45, 7) is 3.94. The standard InChI is InChI=1S/C41H45ClF3N7O5/c1-23(53)52-17-14-26(15-18-52)48-21-25-19-32(41(43,44)45)40(51-39(25)56-3)57-34-11-9-28-29(34)5-4-6-30(28)37-36(42)31(13-16-47-37)33-10-7-24(38(50-33)55-2)20-46-22-27-8-12-35(54)49-27/h4-7,10,13,16,19,26-27,34,46,48H,8-9,11-12,14-15,17-18,20-22H2,1-3H3,(H,49,54)/t27-,34+/m1/s1. The first-order valence-electron chi connectivity index (χ1n) is 19.0. The van der Waals surface area contributed by atoms with E-state index in [-0.39, 0.29) is 41.9 Å². The van der Waals surface area contributed by atoms with Crippen LogP contribution < -0.4 is 30.2 Å². The van der Waals surface area contributed by atoms with E-state index in [1.807, 2.05) is 30.3 Å². The minimum Gasteiger partial charge on any atom is -0.481 e. The van der Waals surface area contributed by atoms with Crippen LogP contribution in [0.5, 0.6) is 17.6 Å². The first-order chi connectivity index (χ1) is 27.4. The normalized spacial score (nSPS) is 18.4. The Morgan fingerprint density at radius 1 is 0.947 bits per heavy atom. The predicted molar refractivity (Wildman–Crippen MR) is 207 cm³/mol. The maximum atomic E-state index is 14.6. The molecule has 4 aromatic rings. The number of ether oxygens (including phenoxy) is 3. The molecule has 0 radical (unpaired) electrons. The molecule has 2 saturated heterocycles. The first kappa shape index (κ1) is 40.2. The highest BCUT2D eigenvalue weighted by atomic mass is 35.5. The highest BCUT2D eigenvalue weighted by Gasteiger charge is 2.39. The fourth-order valence-electron chi connectivity index (χ4n) is 7.84. The Hall–Kier alpha value is -4.99. The Labute approximate surface area is 333 Å². The molecule has 7 rings (SSSR count). The zero-order chi connectivity index (χ0) is 40.3. The Kier molecular flexibility index (Phi) is 12.2. The molecule has 1 aliphatic carbocycles. The van der Waals surface area contributed by atoms with Gasteiger partial charge in [-0.1, -0.05) is 35.9 Å². The van der Waals surface area contributed by atoms with Gasteiger partial charge in [-0.15, -0.1) is 0 Å². The van der Waals surface area contributed by atoms with E-state index in [9.17, 15) is 22.8 Å². The molecule has 1 aromatic carbocycles. The second kappa shape index (κ2) is 17.2. The minimum absolute atomic E-state index is 0.00991. The van der Waals surface area contributed by atoms with Crippen molar-refractivity contribution in [3.05, 3.63) is 81.5 Å². The number of carbonyl (C=O) groups excluding carboxylic acids is 2. The van der Waals surface area contributed by atoms with Gasteiger partial charge in [-0.25, -0.2) is 4.98 Å². The summed E-state index contributed by atoms with van der Waals surface area (Å²) in [5.74, 6) is 0.000169. The number of pyridine rings is 3. The number of alkyl halides is 3. The zero-order valence-corrected chi connectivity index (χ0v) is 32.7. The minimum atomic E-state index is -4.74. The van der Waals surface area contributed by atoms with Crippen molar-refractivity contribution >= 4 is 23.4 Å². The second-order valence-corrected chi connectivity index (χ2v) is 14.9. The maximum Gasteiger partial charge on any atom is 0.421 e. The molecule has 3 N–H and O–H groups in total. The number of hydrogen-bond acceptors (Lipinski definition) is 10. The number of rotatable bonds is 13. The third-order valence-corrected chi connectivity index (χ3v) is 11.2. The summed E-state index contributed by atoms with van der Waals surface area (Å²) in [4.78, 5) is 38.7. The third kappa shape index (κ3) is 8.95. The van der Waals surface area contributed by atoms with Crippen LogP contribution >= 0.6 is 11.6 Å². The quantitative estimate of drug-likeness (QED) is 0.139. The summed E-state index contributed by atoms with van der Waals surface area (Å²) < 4.78 is 61.0. The fraction of sp³-hybridized carbons (Fsp3) is 0.439. The van der Waals surface area contributed by atoms with Crippen LogP contribution in [-0.2, 0) is 35.3 Å². The number of fused-ring (bicyclic) bond motifs is 1. The van der Waals surface area contributed by atoms with Gasteiger partial charge >= 0.3 is 6.18 Å². The number of methoxy groups -OCH3 is 2. The van der Waals surface area contributed by atoms with Crippen LogP contribution in [0.15, 0.2) is 48.7 Å². The van der Waals surface area contributed by atoms with Crippen molar-refractivity contribution in [1.29, 1.82) is 0 Å². The summed E-state index contributed by atoms with van der Waals surface area (Å²) in [7, 11) is 2.92. The Balaban J connectivity index is 1.09. The van der Waals surface area contributed by atoms with E-state index in [1.54, 1.807) is 24.3 Å². The smallest absolute Gasteiger partial charge is 0.421 e. The van der Waals surface area contributed by atoms with Gasteiger partial charge in [0.05, 0.1) is 30.6 Å². The van der Waals surface area contributed by atoms with Gasteiger partial charge in [0, 0.05) is 86.6 Å². The van der Waals surface area contributed by atoms with Crippen molar-refractivity contribution in [1.82, 2.24) is 35.8 Å². The Morgan fingerprint density at radius 2 is 1.72 bits per heavy atom. The molecular formula is C41H45ClF3N7O5. The monoisotopic (exact) mass is 807 g/mol. The number of nitrogens with zero attached hydrogens (tertiary/aromatic N) is 4. The van der Waals surface area contributed by atoms with Gasteiger partial charge in [0.2, 0.25) is 29.5 Å². The largest absolute Gasteiger partial charge is 0.481 e. The molecule has 0 bridgehead atoms. The SMILES string of the molecule is COc1nc(-c2ccnc(-c3cccc4c3CC[C@@H]4Oc3nc(OC)c(CNC4CCN(C(C)=O)CC4)cc3C(F)(F)F)c2Cl)ccc1CNC[C@H]1CCC(=O)N1. The van der Waals surface area contributed by atoms with Crippen LogP contribution in [0.1, 0.15) is 72.9 Å². The van der Waals surface area contributed by atoms with Gasteiger partial charge in [0.15, 0.2) is 0 Å². The van der Waals surface area contributed by atoms with E-state index in [1.165, 1.54) is 14.0 Å². The predicted octanol–water partition coefficient (Wildman–Crippen LogP) is 6.43. The van der Waals surface area contributed by atoms with Crippen molar-refractivity contribution in [3.8, 4) is 40.2 Å². The van der Waals surface area contributed by atoms with E-state index in [2.05, 4.69) is 25.9 Å². The van der Waals surface area contributed by atoms with E-state index >= 15 is 0 Å². The average molecular weight is 808 g/mol. The molecule has 0 spiro atoms. The van der Waals surface area contributed by atoms with Crippen LogP contribution in [0.4, 0.5) is 13.2 Å². The van der Waals surface area contributed by atoms with Crippen molar-refractivity contribution in [3.63, 3.8) is 0 Å². The van der Waals surface area contributed by atoms with Gasteiger partial charge in [-0.2, -0.15) is 18.2 Å². The number of benzene rings is 1. The number of piperidine rings is 1. The lowest BCUT2D eigenvalue weighted by molar-refractivity contribution is -0.139. The number of aromatic nitrogens is 3. The van der Waals surface area contributed by atoms with E-state index in [0.717, 1.165) is 34.7 Å². The molecule has 57 heavy (non-hydrogen) atoms. The summed E-state index contributed by atoms with van der Waals surface area (Å²) in [6, 6.07) is 12.3. The molecule has 16 heteroatoms. The number of carbonyl (C=O) groups is 2. The van der Waals surface area contributed by atoms with Crippen molar-refractivity contribution in [2.75, 3.05) is 33.9 Å². The average Bonchev–Trinajstić information content (AvgIpc) is 3.82. The van der Waals surface area contributed by atoms with Crippen LogP contribution in [-0.4, -0.2) is 77.6 Å². The lowest BCUT2D eigenvalue weighted by Crippen LogP contribution is -2.44. The molecule has 12 nitrogen and oxygen atoms in total. The molecule has 5 heterocycles. The molecule has 0 saturated carbocycles. The van der Waals surface area contributed by atoms with Crippen molar-refractivity contribution in [2.24, 2.45) is 0 Å². The van der Waals surface area contributed by atoms with E-state index < -0.39 is 23.7 Å². The number of nitrogens with one attached hydrogen (secondary N) is 3. The van der Waals surface area contributed by atoms with Crippen LogP contribution in [0.3, 0.4) is 0 Å². The van der Waals surface area contributed by atoms with Gasteiger partial charge in [0.1, 0.15) is 11.7 Å². The van der Waals surface area contributed by atoms with Crippen LogP contribution in [0.2, 0.25) is 5.02 Å². The Morgan fingerprint density at radius 3 is 2.42 bits per heavy atom. The number of likely N-dealkylation sites (tertiary alicyclic amines) is 1. The fourth-order valence-corrected chi connectivity index (χ4v) is 8.15. The molecule has 0 unspecified atom stereocenters. The van der Waals surface area contributed by atoms with Gasteiger partial charge < -0.3 is 35.1 Å². The molecule has 2 fully saturated rings. The molecule has 3 aliphatic rings. The van der Waals surface area contributed by atoms with Crippen LogP contribution in [0.25, 0.3) is 22.5 Å².